The van der Waals surface area contributed by atoms with Crippen LogP contribution >= 0.6 is 0 Å². The van der Waals surface area contributed by atoms with Crippen LogP contribution in [0.3, 0.4) is 0 Å². The van der Waals surface area contributed by atoms with E-state index in [1.54, 1.807) is 0 Å². The summed E-state index contributed by atoms with van der Waals surface area (Å²) >= 11 is 0. The highest BCUT2D eigenvalue weighted by atomic mass is 16.2. The lowest BCUT2D eigenvalue weighted by Crippen LogP contribution is -2.50. The van der Waals surface area contributed by atoms with Crippen LogP contribution in [-0.4, -0.2) is 67.0 Å². The Balaban J connectivity index is 1.70. The van der Waals surface area contributed by atoms with E-state index < -0.39 is 0 Å². The molecule has 2 aliphatic heterocycles. The largest absolute Gasteiger partial charge is 0.355 e. The van der Waals surface area contributed by atoms with Crippen molar-refractivity contribution in [3.63, 3.8) is 0 Å². The van der Waals surface area contributed by atoms with Crippen molar-refractivity contribution < 1.29 is 9.59 Å². The normalized spacial score (nSPS) is 24.5. The van der Waals surface area contributed by atoms with Crippen LogP contribution in [-0.2, 0) is 4.79 Å². The van der Waals surface area contributed by atoms with Crippen molar-refractivity contribution in [3.8, 4) is 0 Å². The Labute approximate surface area is 159 Å². The summed E-state index contributed by atoms with van der Waals surface area (Å²) in [6.07, 6.45) is 6.44. The minimum atomic E-state index is 0.0304. The molecule has 0 spiro atoms. The Morgan fingerprint density at radius 3 is 2.46 bits per heavy atom. The fourth-order valence-electron chi connectivity index (χ4n) is 4.18. The van der Waals surface area contributed by atoms with Gasteiger partial charge in [0, 0.05) is 38.6 Å². The third-order valence-electron chi connectivity index (χ3n) is 5.76. The molecule has 0 aromatic heterocycles. The van der Waals surface area contributed by atoms with E-state index >= 15 is 0 Å². The van der Waals surface area contributed by atoms with E-state index in [0.29, 0.717) is 18.3 Å². The zero-order chi connectivity index (χ0) is 18.9. The van der Waals surface area contributed by atoms with Crippen LogP contribution in [0.5, 0.6) is 0 Å². The molecule has 26 heavy (non-hydrogen) atoms. The number of piperidine rings is 2. The van der Waals surface area contributed by atoms with Crippen LogP contribution in [0.1, 0.15) is 59.3 Å². The second-order valence-corrected chi connectivity index (χ2v) is 8.22. The van der Waals surface area contributed by atoms with E-state index in [1.165, 1.54) is 32.4 Å². The molecule has 2 heterocycles. The zero-order valence-electron chi connectivity index (χ0n) is 16.9. The van der Waals surface area contributed by atoms with Crippen molar-refractivity contribution in [1.29, 1.82) is 0 Å². The first kappa shape index (κ1) is 21.0. The molecular formula is C20H38N4O2. The van der Waals surface area contributed by atoms with Gasteiger partial charge in [0.25, 0.3) is 0 Å². The maximum absolute atomic E-state index is 12.4. The average molecular weight is 367 g/mol. The lowest BCUT2D eigenvalue weighted by atomic mass is 9.81. The maximum atomic E-state index is 12.4. The van der Waals surface area contributed by atoms with Crippen molar-refractivity contribution in [2.75, 3.05) is 39.3 Å². The van der Waals surface area contributed by atoms with Gasteiger partial charge in [-0.15, -0.1) is 0 Å². The Morgan fingerprint density at radius 1 is 1.08 bits per heavy atom. The monoisotopic (exact) mass is 366 g/mol. The van der Waals surface area contributed by atoms with E-state index in [4.69, 9.17) is 0 Å². The highest BCUT2D eigenvalue weighted by Gasteiger charge is 2.31. The van der Waals surface area contributed by atoms with Gasteiger partial charge in [-0.3, -0.25) is 4.79 Å². The van der Waals surface area contributed by atoms with Crippen molar-refractivity contribution >= 4 is 11.9 Å². The molecule has 6 heteroatoms. The van der Waals surface area contributed by atoms with Crippen LogP contribution < -0.4 is 10.6 Å². The smallest absolute Gasteiger partial charge is 0.317 e. The van der Waals surface area contributed by atoms with Gasteiger partial charge in [-0.1, -0.05) is 19.8 Å². The van der Waals surface area contributed by atoms with E-state index in [1.807, 2.05) is 18.7 Å². The molecule has 3 amide bonds. The maximum Gasteiger partial charge on any atom is 0.317 e. The van der Waals surface area contributed by atoms with Crippen LogP contribution in [0, 0.1) is 11.8 Å². The van der Waals surface area contributed by atoms with Gasteiger partial charge in [0.15, 0.2) is 0 Å². The summed E-state index contributed by atoms with van der Waals surface area (Å²) in [5.41, 5.74) is 0. The minimum absolute atomic E-state index is 0.0304. The molecule has 6 nitrogen and oxygen atoms in total. The predicted octanol–water partition coefficient (Wildman–Crippen LogP) is 2.44. The van der Waals surface area contributed by atoms with Gasteiger partial charge in [-0.2, -0.15) is 0 Å². The molecule has 2 saturated heterocycles. The molecule has 2 aliphatic rings. The van der Waals surface area contributed by atoms with E-state index in [0.717, 1.165) is 39.0 Å². The number of urea groups is 1. The standard InChI is InChI=1S/C20H38N4O2/c1-4-17-15-24(20(26)22-16(2)3)12-8-18(17)14-19(25)21-9-13-23-10-6-5-7-11-23/h16-18H,4-15H2,1-3H3,(H,21,25)(H,22,26). The quantitative estimate of drug-likeness (QED) is 0.727. The number of rotatable bonds is 7. The molecule has 0 aromatic carbocycles. The average Bonchev–Trinajstić information content (AvgIpc) is 2.62. The van der Waals surface area contributed by atoms with Crippen LogP contribution in [0.15, 0.2) is 0 Å². The number of hydrogen-bond donors (Lipinski definition) is 2. The summed E-state index contributed by atoms with van der Waals surface area (Å²) in [4.78, 5) is 28.9. The summed E-state index contributed by atoms with van der Waals surface area (Å²) < 4.78 is 0. The fraction of sp³-hybridized carbons (Fsp3) is 0.900. The Bertz CT molecular complexity index is 449. The number of carbonyl (C=O) groups excluding carboxylic acids is 2. The van der Waals surface area contributed by atoms with Crippen molar-refractivity contribution in [3.05, 3.63) is 0 Å². The second kappa shape index (κ2) is 10.8. The van der Waals surface area contributed by atoms with Gasteiger partial charge in [-0.05, 0) is 58.0 Å². The first-order chi connectivity index (χ1) is 12.5. The van der Waals surface area contributed by atoms with E-state index in [9.17, 15) is 9.59 Å². The molecule has 2 atom stereocenters. The summed E-state index contributed by atoms with van der Waals surface area (Å²) in [5, 5.41) is 6.08. The molecule has 0 bridgehead atoms. The summed E-state index contributed by atoms with van der Waals surface area (Å²) in [6, 6.07) is 0.189. The molecule has 2 unspecified atom stereocenters. The van der Waals surface area contributed by atoms with Gasteiger partial charge in [0.1, 0.15) is 0 Å². The minimum Gasteiger partial charge on any atom is -0.355 e. The molecule has 0 radical (unpaired) electrons. The van der Waals surface area contributed by atoms with Gasteiger partial charge in [-0.25, -0.2) is 4.79 Å². The summed E-state index contributed by atoms with van der Waals surface area (Å²) in [5.74, 6) is 0.970. The fourth-order valence-corrected chi connectivity index (χ4v) is 4.18. The summed E-state index contributed by atoms with van der Waals surface area (Å²) in [6.45, 7) is 11.7. The van der Waals surface area contributed by atoms with Crippen LogP contribution in [0.25, 0.3) is 0 Å². The number of nitrogens with one attached hydrogen (secondary N) is 2. The van der Waals surface area contributed by atoms with Crippen molar-refractivity contribution in [2.24, 2.45) is 11.8 Å². The Morgan fingerprint density at radius 2 is 1.81 bits per heavy atom. The first-order valence-corrected chi connectivity index (χ1v) is 10.5. The lowest BCUT2D eigenvalue weighted by Gasteiger charge is -2.38. The second-order valence-electron chi connectivity index (χ2n) is 8.22. The van der Waals surface area contributed by atoms with Gasteiger partial charge >= 0.3 is 6.03 Å². The molecular weight excluding hydrogens is 328 g/mol. The van der Waals surface area contributed by atoms with Crippen molar-refractivity contribution in [1.82, 2.24) is 20.4 Å². The van der Waals surface area contributed by atoms with E-state index in [-0.39, 0.29) is 18.0 Å². The number of nitrogens with zero attached hydrogens (tertiary/aromatic N) is 2. The molecule has 2 fully saturated rings. The Kier molecular flexibility index (Phi) is 8.69. The molecule has 150 valence electrons. The van der Waals surface area contributed by atoms with Gasteiger partial charge in [0.05, 0.1) is 0 Å². The highest BCUT2D eigenvalue weighted by Crippen LogP contribution is 2.29. The number of carbonyl (C=O) groups is 2. The highest BCUT2D eigenvalue weighted by molar-refractivity contribution is 5.76. The molecule has 2 rings (SSSR count). The molecule has 0 saturated carbocycles. The predicted molar refractivity (Wildman–Crippen MR) is 105 cm³/mol. The van der Waals surface area contributed by atoms with Crippen LogP contribution in [0.2, 0.25) is 0 Å². The first-order valence-electron chi connectivity index (χ1n) is 10.5. The molecule has 0 aromatic rings. The van der Waals surface area contributed by atoms with E-state index in [2.05, 4.69) is 22.5 Å². The molecule has 0 aliphatic carbocycles. The summed E-state index contributed by atoms with van der Waals surface area (Å²) in [7, 11) is 0. The van der Waals surface area contributed by atoms with Crippen LogP contribution in [0.4, 0.5) is 4.79 Å². The lowest BCUT2D eigenvalue weighted by molar-refractivity contribution is -0.122. The Hall–Kier alpha value is -1.30. The number of hydrogen-bond acceptors (Lipinski definition) is 3. The van der Waals surface area contributed by atoms with Gasteiger partial charge in [0.2, 0.25) is 5.91 Å². The SMILES string of the molecule is CCC1CN(C(=O)NC(C)C)CCC1CC(=O)NCCN1CCCCC1. The third kappa shape index (κ3) is 6.78. The number of amides is 3. The van der Waals surface area contributed by atoms with Crippen molar-refractivity contribution in [2.45, 2.75) is 65.3 Å². The molecule has 2 N–H and O–H groups in total. The number of likely N-dealkylation sites (tertiary alicyclic amines) is 2. The topological polar surface area (TPSA) is 64.7 Å². The zero-order valence-corrected chi connectivity index (χ0v) is 16.9. The third-order valence-corrected chi connectivity index (χ3v) is 5.76. The van der Waals surface area contributed by atoms with Gasteiger partial charge < -0.3 is 20.4 Å².